The summed E-state index contributed by atoms with van der Waals surface area (Å²) in [4.78, 5) is 12.3. The summed E-state index contributed by atoms with van der Waals surface area (Å²) in [6.45, 7) is 2.10. The van der Waals surface area contributed by atoms with E-state index in [-0.39, 0.29) is 18.5 Å². The molecule has 1 aliphatic rings. The summed E-state index contributed by atoms with van der Waals surface area (Å²) in [6.07, 6.45) is 2.04. The van der Waals surface area contributed by atoms with Crippen LogP contribution in [0.5, 0.6) is 0 Å². The Labute approximate surface area is 139 Å². The zero-order valence-corrected chi connectivity index (χ0v) is 13.8. The number of carbonyl (C=O) groups excluding carboxylic acids is 1. The molecule has 1 fully saturated rings. The first kappa shape index (κ1) is 15.9. The van der Waals surface area contributed by atoms with E-state index in [2.05, 4.69) is 15.5 Å². The third-order valence-electron chi connectivity index (χ3n) is 4.20. The van der Waals surface area contributed by atoms with Crippen molar-refractivity contribution in [2.75, 3.05) is 0 Å². The van der Waals surface area contributed by atoms with Gasteiger partial charge in [0, 0.05) is 5.56 Å². The van der Waals surface area contributed by atoms with Crippen molar-refractivity contribution in [1.82, 2.24) is 20.1 Å². The molecule has 0 unspecified atom stereocenters. The van der Waals surface area contributed by atoms with E-state index in [1.165, 1.54) is 0 Å². The van der Waals surface area contributed by atoms with Crippen LogP contribution in [0.15, 0.2) is 24.3 Å². The molecule has 0 spiro atoms. The summed E-state index contributed by atoms with van der Waals surface area (Å²) in [6, 6.07) is 7.73. The predicted octanol–water partition coefficient (Wildman–Crippen LogP) is 1.95. The van der Waals surface area contributed by atoms with Crippen LogP contribution in [-0.4, -0.2) is 37.9 Å². The van der Waals surface area contributed by atoms with Crippen LogP contribution in [0.1, 0.15) is 24.8 Å². The molecule has 0 aliphatic heterocycles. The average Bonchev–Trinajstić information content (AvgIpc) is 3.08. The maximum absolute atomic E-state index is 12.3. The second-order valence-electron chi connectivity index (χ2n) is 5.98. The van der Waals surface area contributed by atoms with Gasteiger partial charge < -0.3 is 10.4 Å². The van der Waals surface area contributed by atoms with Gasteiger partial charge in [-0.1, -0.05) is 29.8 Å². The fourth-order valence-electron chi connectivity index (χ4n) is 2.89. The lowest BCUT2D eigenvalue weighted by Crippen LogP contribution is -2.41. The highest BCUT2D eigenvalue weighted by atomic mass is 32.1. The topological polar surface area (TPSA) is 82.9 Å². The molecule has 1 aliphatic carbocycles. The number of amides is 1. The minimum absolute atomic E-state index is 0.0851. The quantitative estimate of drug-likeness (QED) is 0.747. The molecule has 122 valence electrons. The normalized spacial score (nSPS) is 20.6. The van der Waals surface area contributed by atoms with Crippen molar-refractivity contribution < 1.29 is 9.90 Å². The molecule has 0 radical (unpaired) electrons. The molecule has 0 bridgehead atoms. The van der Waals surface area contributed by atoms with Gasteiger partial charge in [0.25, 0.3) is 0 Å². The third kappa shape index (κ3) is 3.51. The summed E-state index contributed by atoms with van der Waals surface area (Å²) in [5.41, 5.74) is 2.05. The summed E-state index contributed by atoms with van der Waals surface area (Å²) >= 11 is 5.24. The molecular formula is C16H20N4O2S. The molecule has 2 aromatic rings. The Kier molecular flexibility index (Phi) is 4.58. The van der Waals surface area contributed by atoms with Crippen LogP contribution >= 0.6 is 12.2 Å². The number of nitrogens with one attached hydrogen (secondary N) is 2. The first-order valence-electron chi connectivity index (χ1n) is 7.74. The van der Waals surface area contributed by atoms with E-state index >= 15 is 0 Å². The molecule has 1 amide bonds. The van der Waals surface area contributed by atoms with Gasteiger partial charge in [0.1, 0.15) is 6.54 Å². The fourth-order valence-corrected chi connectivity index (χ4v) is 3.09. The van der Waals surface area contributed by atoms with Gasteiger partial charge in [-0.2, -0.15) is 5.10 Å². The summed E-state index contributed by atoms with van der Waals surface area (Å²) in [5.74, 6) is 0.471. The molecule has 1 saturated carbocycles. The fraction of sp³-hybridized carbons (Fsp3) is 0.438. The van der Waals surface area contributed by atoms with Crippen molar-refractivity contribution in [3.8, 4) is 11.4 Å². The van der Waals surface area contributed by atoms with Crippen LogP contribution < -0.4 is 5.32 Å². The second-order valence-corrected chi connectivity index (χ2v) is 6.36. The number of rotatable bonds is 4. The van der Waals surface area contributed by atoms with Crippen LogP contribution in [0, 0.1) is 11.7 Å². The van der Waals surface area contributed by atoms with Gasteiger partial charge >= 0.3 is 0 Å². The Balaban J connectivity index is 1.77. The van der Waals surface area contributed by atoms with Crippen LogP contribution in [-0.2, 0) is 11.3 Å². The van der Waals surface area contributed by atoms with Crippen LogP contribution in [0.4, 0.5) is 0 Å². The third-order valence-corrected chi connectivity index (χ3v) is 4.51. The SMILES string of the molecule is Cc1ccc(-c2n[nH]c(=S)n2CC(=O)N[C@H]2CCC[C@@H]2O)cc1. The molecule has 0 saturated heterocycles. The molecule has 2 atom stereocenters. The molecule has 1 aromatic heterocycles. The standard InChI is InChI=1S/C16H20N4O2S/c1-10-5-7-11(8-6-10)15-18-19-16(23)20(15)9-14(22)17-12-3-2-4-13(12)21/h5-8,12-13,21H,2-4,9H2,1H3,(H,17,22)(H,19,23)/t12-,13-/m0/s1. The van der Waals surface area contributed by atoms with E-state index in [9.17, 15) is 9.90 Å². The Morgan fingerprint density at radius 1 is 1.43 bits per heavy atom. The molecule has 7 heteroatoms. The van der Waals surface area contributed by atoms with Gasteiger partial charge in [0.2, 0.25) is 5.91 Å². The van der Waals surface area contributed by atoms with E-state index in [4.69, 9.17) is 12.2 Å². The number of hydrogen-bond donors (Lipinski definition) is 3. The molecule has 6 nitrogen and oxygen atoms in total. The lowest BCUT2D eigenvalue weighted by Gasteiger charge is -2.17. The van der Waals surface area contributed by atoms with Crippen molar-refractivity contribution in [2.45, 2.75) is 44.9 Å². The zero-order chi connectivity index (χ0) is 16.4. The van der Waals surface area contributed by atoms with E-state index in [1.807, 2.05) is 31.2 Å². The van der Waals surface area contributed by atoms with Gasteiger partial charge in [-0.15, -0.1) is 0 Å². The van der Waals surface area contributed by atoms with Crippen molar-refractivity contribution in [1.29, 1.82) is 0 Å². The average molecular weight is 332 g/mol. The molecule has 23 heavy (non-hydrogen) atoms. The Hall–Kier alpha value is -1.99. The van der Waals surface area contributed by atoms with E-state index in [0.717, 1.165) is 30.4 Å². The number of H-pyrrole nitrogens is 1. The number of carbonyl (C=O) groups is 1. The predicted molar refractivity (Wildman–Crippen MR) is 89.4 cm³/mol. The number of aryl methyl sites for hydroxylation is 1. The first-order chi connectivity index (χ1) is 11.0. The van der Waals surface area contributed by atoms with Crippen molar-refractivity contribution in [3.63, 3.8) is 0 Å². The van der Waals surface area contributed by atoms with Crippen LogP contribution in [0.25, 0.3) is 11.4 Å². The van der Waals surface area contributed by atoms with E-state index < -0.39 is 6.10 Å². The smallest absolute Gasteiger partial charge is 0.240 e. The number of aliphatic hydroxyl groups excluding tert-OH is 1. The highest BCUT2D eigenvalue weighted by Crippen LogP contribution is 2.20. The number of hydrogen-bond acceptors (Lipinski definition) is 4. The van der Waals surface area contributed by atoms with Gasteiger partial charge in [-0.25, -0.2) is 0 Å². The Morgan fingerprint density at radius 2 is 2.17 bits per heavy atom. The lowest BCUT2D eigenvalue weighted by atomic mass is 10.1. The van der Waals surface area contributed by atoms with Crippen LogP contribution in [0.2, 0.25) is 0 Å². The largest absolute Gasteiger partial charge is 0.391 e. The number of aliphatic hydroxyl groups is 1. The summed E-state index contributed by atoms with van der Waals surface area (Å²) < 4.78 is 2.08. The Bertz CT molecular complexity index is 750. The maximum Gasteiger partial charge on any atom is 0.240 e. The van der Waals surface area contributed by atoms with E-state index in [0.29, 0.717) is 10.6 Å². The number of aromatic nitrogens is 3. The van der Waals surface area contributed by atoms with E-state index in [1.54, 1.807) is 4.57 Å². The molecule has 3 rings (SSSR count). The van der Waals surface area contributed by atoms with Gasteiger partial charge in [-0.05, 0) is 38.4 Å². The van der Waals surface area contributed by atoms with Crippen molar-refractivity contribution >= 4 is 18.1 Å². The summed E-state index contributed by atoms with van der Waals surface area (Å²) in [7, 11) is 0. The van der Waals surface area contributed by atoms with Gasteiger partial charge in [0.15, 0.2) is 10.6 Å². The highest BCUT2D eigenvalue weighted by molar-refractivity contribution is 7.71. The highest BCUT2D eigenvalue weighted by Gasteiger charge is 2.26. The lowest BCUT2D eigenvalue weighted by molar-refractivity contribution is -0.123. The Morgan fingerprint density at radius 3 is 2.83 bits per heavy atom. The summed E-state index contributed by atoms with van der Waals surface area (Å²) in [5, 5.41) is 19.7. The van der Waals surface area contributed by atoms with Crippen molar-refractivity contribution in [3.05, 3.63) is 34.6 Å². The number of nitrogens with zero attached hydrogens (tertiary/aromatic N) is 2. The van der Waals surface area contributed by atoms with Gasteiger partial charge in [0.05, 0.1) is 12.1 Å². The number of benzene rings is 1. The van der Waals surface area contributed by atoms with Crippen LogP contribution in [0.3, 0.4) is 0 Å². The molecule has 1 aromatic carbocycles. The van der Waals surface area contributed by atoms with Crippen molar-refractivity contribution in [2.24, 2.45) is 0 Å². The second kappa shape index (κ2) is 6.64. The minimum Gasteiger partial charge on any atom is -0.391 e. The first-order valence-corrected chi connectivity index (χ1v) is 8.15. The molecule has 1 heterocycles. The van der Waals surface area contributed by atoms with Gasteiger partial charge in [-0.3, -0.25) is 14.5 Å². The minimum atomic E-state index is -0.451. The zero-order valence-electron chi connectivity index (χ0n) is 13.0. The molecular weight excluding hydrogens is 312 g/mol. The monoisotopic (exact) mass is 332 g/mol. The number of aromatic amines is 1. The maximum atomic E-state index is 12.3. The molecule has 3 N–H and O–H groups in total.